The van der Waals surface area contributed by atoms with E-state index in [0.717, 1.165) is 11.1 Å². The number of amides is 1. The van der Waals surface area contributed by atoms with E-state index in [1.165, 1.54) is 6.26 Å². The first-order valence-electron chi connectivity index (χ1n) is 6.31. The number of anilines is 1. The Morgan fingerprint density at radius 3 is 2.80 bits per heavy atom. The number of nitrogens with two attached hydrogens (primary N) is 1. The summed E-state index contributed by atoms with van der Waals surface area (Å²) in [5, 5.41) is 2.87. The van der Waals surface area contributed by atoms with Crippen molar-refractivity contribution in [1.82, 2.24) is 0 Å². The summed E-state index contributed by atoms with van der Waals surface area (Å²) < 4.78 is 5.26. The molecule has 0 radical (unpaired) electrons. The van der Waals surface area contributed by atoms with Gasteiger partial charge < -0.3 is 15.5 Å². The first-order chi connectivity index (χ1) is 9.52. The average molecular weight is 288 g/mol. The van der Waals surface area contributed by atoms with Crippen LogP contribution in [0.25, 0.3) is 0 Å². The molecule has 0 saturated heterocycles. The summed E-state index contributed by atoms with van der Waals surface area (Å²) in [4.78, 5) is 12.6. The molecular weight excluding hydrogens is 272 g/mol. The first-order valence-corrected chi connectivity index (χ1v) is 6.72. The molecule has 1 amide bonds. The van der Waals surface area contributed by atoms with Crippen molar-refractivity contribution in [3.05, 3.63) is 53.0 Å². The summed E-state index contributed by atoms with van der Waals surface area (Å²) in [6, 6.07) is 7.16. The summed E-state index contributed by atoms with van der Waals surface area (Å²) in [7, 11) is 0. The van der Waals surface area contributed by atoms with E-state index in [-0.39, 0.29) is 5.91 Å². The molecule has 0 aliphatic carbocycles. The number of carbonyl (C=O) groups excluding carboxylic acids is 1. The van der Waals surface area contributed by atoms with Crippen LogP contribution in [-0.4, -0.2) is 10.9 Å². The Bertz CT molecular complexity index is 662. The molecule has 20 heavy (non-hydrogen) atoms. The second-order valence-corrected chi connectivity index (χ2v) is 4.90. The summed E-state index contributed by atoms with van der Waals surface area (Å²) >= 11 is 4.95. The number of aryl methyl sites for hydroxylation is 2. The fourth-order valence-electron chi connectivity index (χ4n) is 1.92. The Morgan fingerprint density at radius 1 is 1.40 bits per heavy atom. The number of rotatable bonds is 4. The molecule has 0 fully saturated rings. The Morgan fingerprint density at radius 2 is 2.15 bits per heavy atom. The highest BCUT2D eigenvalue weighted by Crippen LogP contribution is 2.19. The topological polar surface area (TPSA) is 68.3 Å². The van der Waals surface area contributed by atoms with Crippen LogP contribution in [0.3, 0.4) is 0 Å². The van der Waals surface area contributed by atoms with E-state index in [1.54, 1.807) is 12.1 Å². The van der Waals surface area contributed by atoms with E-state index < -0.39 is 0 Å². The number of thiocarbonyl (C=S) groups is 1. The Labute approximate surface area is 123 Å². The monoisotopic (exact) mass is 288 g/mol. The first kappa shape index (κ1) is 14.3. The predicted molar refractivity (Wildman–Crippen MR) is 83.1 cm³/mol. The number of carbonyl (C=O) groups is 1. The third-order valence-corrected chi connectivity index (χ3v) is 3.32. The lowest BCUT2D eigenvalue weighted by molar-refractivity contribution is 0.102. The van der Waals surface area contributed by atoms with Gasteiger partial charge in [0, 0.05) is 17.7 Å². The quantitative estimate of drug-likeness (QED) is 0.849. The highest BCUT2D eigenvalue weighted by molar-refractivity contribution is 7.80. The van der Waals surface area contributed by atoms with Gasteiger partial charge in [0.15, 0.2) is 0 Å². The molecule has 0 aliphatic heterocycles. The zero-order chi connectivity index (χ0) is 14.7. The van der Waals surface area contributed by atoms with Gasteiger partial charge in [-0.2, -0.15) is 0 Å². The Hall–Kier alpha value is -2.14. The molecule has 4 nitrogen and oxygen atoms in total. The fourth-order valence-corrected chi connectivity index (χ4v) is 2.04. The van der Waals surface area contributed by atoms with E-state index in [1.807, 2.05) is 26.0 Å². The molecule has 1 aromatic heterocycles. The van der Waals surface area contributed by atoms with Crippen molar-refractivity contribution in [3.63, 3.8) is 0 Å². The number of hydrogen-bond donors (Lipinski definition) is 2. The molecule has 0 saturated carbocycles. The van der Waals surface area contributed by atoms with Crippen LogP contribution in [0.1, 0.15) is 34.2 Å². The average Bonchev–Trinajstić information content (AvgIpc) is 2.89. The van der Waals surface area contributed by atoms with Crippen LogP contribution in [0.2, 0.25) is 0 Å². The maximum absolute atomic E-state index is 12.3. The van der Waals surface area contributed by atoms with Gasteiger partial charge in [0.1, 0.15) is 10.7 Å². The van der Waals surface area contributed by atoms with Crippen LogP contribution >= 0.6 is 12.2 Å². The summed E-state index contributed by atoms with van der Waals surface area (Å²) in [6.07, 6.45) is 2.19. The van der Waals surface area contributed by atoms with E-state index >= 15 is 0 Å². The standard InChI is InChI=1S/C15H16N2O2S/c1-3-13-11(6-7-19-13)15(18)17-12-8-10(14(16)20)5-4-9(12)2/h4-8H,3H2,1-2H3,(H2,16,20)(H,17,18). The van der Waals surface area contributed by atoms with Crippen LogP contribution in [0.4, 0.5) is 5.69 Å². The zero-order valence-electron chi connectivity index (χ0n) is 11.4. The van der Waals surface area contributed by atoms with Gasteiger partial charge >= 0.3 is 0 Å². The minimum Gasteiger partial charge on any atom is -0.469 e. The minimum absolute atomic E-state index is 0.196. The fraction of sp³-hybridized carbons (Fsp3) is 0.200. The van der Waals surface area contributed by atoms with Crippen molar-refractivity contribution in [2.24, 2.45) is 5.73 Å². The molecule has 0 atom stereocenters. The molecule has 0 unspecified atom stereocenters. The number of benzene rings is 1. The van der Waals surface area contributed by atoms with Gasteiger partial charge in [-0.25, -0.2) is 0 Å². The summed E-state index contributed by atoms with van der Waals surface area (Å²) in [6.45, 7) is 3.85. The third kappa shape index (κ3) is 2.88. The lowest BCUT2D eigenvalue weighted by atomic mass is 10.1. The van der Waals surface area contributed by atoms with Crippen LogP contribution in [0.5, 0.6) is 0 Å². The van der Waals surface area contributed by atoms with Crippen LogP contribution in [0, 0.1) is 6.92 Å². The van der Waals surface area contributed by atoms with Crippen molar-refractivity contribution in [2.75, 3.05) is 5.32 Å². The second kappa shape index (κ2) is 5.88. The van der Waals surface area contributed by atoms with E-state index in [0.29, 0.717) is 28.4 Å². The SMILES string of the molecule is CCc1occc1C(=O)Nc1cc(C(N)=S)ccc1C. The number of hydrogen-bond acceptors (Lipinski definition) is 3. The Balaban J connectivity index is 2.28. The smallest absolute Gasteiger partial charge is 0.259 e. The van der Waals surface area contributed by atoms with Crippen molar-refractivity contribution in [1.29, 1.82) is 0 Å². The molecule has 1 aromatic carbocycles. The molecule has 104 valence electrons. The van der Waals surface area contributed by atoms with E-state index in [9.17, 15) is 4.79 Å². The summed E-state index contributed by atoms with van der Waals surface area (Å²) in [5.74, 6) is 0.476. The molecule has 0 spiro atoms. The van der Waals surface area contributed by atoms with Gasteiger partial charge in [-0.15, -0.1) is 0 Å². The van der Waals surface area contributed by atoms with E-state index in [4.69, 9.17) is 22.4 Å². The van der Waals surface area contributed by atoms with Crippen molar-refractivity contribution < 1.29 is 9.21 Å². The Kier molecular flexibility index (Phi) is 4.20. The molecular formula is C15H16N2O2S. The molecule has 2 rings (SSSR count). The van der Waals surface area contributed by atoms with Crippen molar-refractivity contribution >= 4 is 28.8 Å². The van der Waals surface area contributed by atoms with Gasteiger partial charge in [0.05, 0.1) is 11.8 Å². The van der Waals surface area contributed by atoms with E-state index in [2.05, 4.69) is 5.32 Å². The minimum atomic E-state index is -0.196. The predicted octanol–water partition coefficient (Wildman–Crippen LogP) is 3.04. The van der Waals surface area contributed by atoms with Gasteiger partial charge in [0.2, 0.25) is 0 Å². The zero-order valence-corrected chi connectivity index (χ0v) is 12.2. The third-order valence-electron chi connectivity index (χ3n) is 3.08. The van der Waals surface area contributed by atoms with Gasteiger partial charge in [-0.3, -0.25) is 4.79 Å². The lowest BCUT2D eigenvalue weighted by Gasteiger charge is -2.10. The van der Waals surface area contributed by atoms with Crippen molar-refractivity contribution in [2.45, 2.75) is 20.3 Å². The van der Waals surface area contributed by atoms with Gasteiger partial charge in [0.25, 0.3) is 5.91 Å². The maximum Gasteiger partial charge on any atom is 0.259 e. The molecule has 1 heterocycles. The summed E-state index contributed by atoms with van der Waals surface area (Å²) in [5.41, 5.74) is 8.52. The van der Waals surface area contributed by atoms with Gasteiger partial charge in [-0.1, -0.05) is 31.3 Å². The molecule has 0 bridgehead atoms. The highest BCUT2D eigenvalue weighted by Gasteiger charge is 2.14. The normalized spacial score (nSPS) is 10.3. The number of nitrogens with one attached hydrogen (secondary N) is 1. The number of furan rings is 1. The van der Waals surface area contributed by atoms with Crippen LogP contribution in [0.15, 0.2) is 34.9 Å². The maximum atomic E-state index is 12.3. The van der Waals surface area contributed by atoms with Gasteiger partial charge in [-0.05, 0) is 24.6 Å². The lowest BCUT2D eigenvalue weighted by Crippen LogP contribution is -2.15. The van der Waals surface area contributed by atoms with Crippen LogP contribution in [-0.2, 0) is 6.42 Å². The second-order valence-electron chi connectivity index (χ2n) is 4.46. The highest BCUT2D eigenvalue weighted by atomic mass is 32.1. The molecule has 5 heteroatoms. The molecule has 2 aromatic rings. The largest absolute Gasteiger partial charge is 0.469 e. The molecule has 3 N–H and O–H groups in total. The molecule has 0 aliphatic rings. The van der Waals surface area contributed by atoms with Crippen molar-refractivity contribution in [3.8, 4) is 0 Å². The van der Waals surface area contributed by atoms with Crippen LogP contribution < -0.4 is 11.1 Å².